The van der Waals surface area contributed by atoms with Gasteiger partial charge in [-0.1, -0.05) is 112 Å². The summed E-state index contributed by atoms with van der Waals surface area (Å²) in [6, 6.07) is 15.2. The molecule has 6 rings (SSSR count). The van der Waals surface area contributed by atoms with Crippen LogP contribution >= 0.6 is 63.7 Å². The predicted octanol–water partition coefficient (Wildman–Crippen LogP) is 4.71. The summed E-state index contributed by atoms with van der Waals surface area (Å²) >= 11 is 14.0. The molecule has 4 atom stereocenters. The summed E-state index contributed by atoms with van der Waals surface area (Å²) in [5.41, 5.74) is 13.5. The van der Waals surface area contributed by atoms with E-state index in [9.17, 15) is 25.9 Å². The highest BCUT2D eigenvalue weighted by atomic mass is 79.9. The predicted molar refractivity (Wildman–Crippen MR) is 213 cm³/mol. The van der Waals surface area contributed by atoms with Gasteiger partial charge in [-0.2, -0.15) is 27.0 Å². The summed E-state index contributed by atoms with van der Waals surface area (Å²) in [6.07, 6.45) is 0. The van der Waals surface area contributed by atoms with Gasteiger partial charge in [0.2, 0.25) is 0 Å². The zero-order chi connectivity index (χ0) is 38.3. The second-order valence-electron chi connectivity index (χ2n) is 11.9. The normalized spacial score (nSPS) is 24.9. The van der Waals surface area contributed by atoms with Crippen LogP contribution in [-0.4, -0.2) is 60.9 Å². The van der Waals surface area contributed by atoms with Crippen molar-refractivity contribution in [3.05, 3.63) is 124 Å². The van der Waals surface area contributed by atoms with Gasteiger partial charge in [0.1, 0.15) is 11.4 Å². The minimum Gasteiger partial charge on any atom is -0.323 e. The zero-order valence-electron chi connectivity index (χ0n) is 26.1. The molecule has 52 heavy (non-hydrogen) atoms. The number of hydrogen-bond donors (Lipinski definition) is 8. The maximum atomic E-state index is 13.6. The third kappa shape index (κ3) is 5.25. The fraction of sp³-hybridized carbons (Fsp3) is 0.125. The van der Waals surface area contributed by atoms with E-state index in [4.69, 9.17) is 34.0 Å². The minimum atomic E-state index is -5.14. The maximum Gasteiger partial charge on any atom is 0.281 e. The van der Waals surface area contributed by atoms with Gasteiger partial charge < -0.3 is 23.2 Å². The van der Waals surface area contributed by atoms with Gasteiger partial charge in [-0.05, 0) is 46.5 Å². The molecule has 14 nitrogen and oxygen atoms in total. The highest BCUT2D eigenvalue weighted by molar-refractivity contribution is 9.11. The average Bonchev–Trinajstić information content (AvgIpc) is 3.06. The molecule has 2 aliphatic carbocycles. The molecule has 4 unspecified atom stereocenters. The smallest absolute Gasteiger partial charge is 0.281 e. The van der Waals surface area contributed by atoms with Gasteiger partial charge in [-0.25, -0.2) is 0 Å². The molecule has 0 aliphatic heterocycles. The van der Waals surface area contributed by atoms with Crippen LogP contribution in [0.3, 0.4) is 0 Å². The molecule has 0 aromatic heterocycles. The lowest BCUT2D eigenvalue weighted by Gasteiger charge is -2.43. The molecule has 0 radical (unpaired) electrons. The maximum absolute atomic E-state index is 13.6. The van der Waals surface area contributed by atoms with E-state index in [0.717, 1.165) is 0 Å². The minimum absolute atomic E-state index is 0.00624. The van der Waals surface area contributed by atoms with Crippen LogP contribution in [0.15, 0.2) is 101 Å². The van der Waals surface area contributed by atoms with Crippen LogP contribution in [0.1, 0.15) is 33.4 Å². The Morgan fingerprint density at radius 2 is 0.885 bits per heavy atom. The van der Waals surface area contributed by atoms with E-state index in [1.54, 1.807) is 48.5 Å². The Labute approximate surface area is 331 Å². The number of nitrogens with one attached hydrogen (secondary N) is 2. The lowest BCUT2D eigenvalue weighted by atomic mass is 9.72. The zero-order valence-corrected chi connectivity index (χ0v) is 34.1. The van der Waals surface area contributed by atoms with Gasteiger partial charge in [0, 0.05) is 40.1 Å². The van der Waals surface area contributed by atoms with Crippen LogP contribution in [-0.2, 0) is 29.7 Å². The summed E-state index contributed by atoms with van der Waals surface area (Å²) in [5.74, 6) is 11.2. The molecule has 0 fully saturated rings. The largest absolute Gasteiger partial charge is 0.323 e. The molecule has 0 saturated heterocycles. The monoisotopic (exact) mass is 998 g/mol. The molecule has 0 bridgehead atoms. The fourth-order valence-corrected chi connectivity index (χ4v) is 14.2. The lowest BCUT2D eigenvalue weighted by Crippen LogP contribution is -2.61. The van der Waals surface area contributed by atoms with Crippen LogP contribution in [0.25, 0.3) is 11.1 Å². The molecule has 0 amide bonds. The number of rotatable bonds is 5. The standard InChI is InChI=1S/C32H26Br4N8O6S2/c33-19-9-13(10-20(34)23(19)31(51(45,46)47)17-7-3-1-5-15(17)25(37)27(43-41)29(31)39)14-11-21(35)24(22(36)12-14)32(52(48,49)50)18-8-4-2-6-16(18)26(38)28(44-42)30(32)40/h1-12,29-30,37-38H,39-42H2,(H,45,46,47)(H,48,49,50)/b37-25?,38-26?,43-27-,44-28+. The lowest BCUT2D eigenvalue weighted by molar-refractivity contribution is 0.433. The van der Waals surface area contributed by atoms with Crippen molar-refractivity contribution in [1.82, 2.24) is 0 Å². The van der Waals surface area contributed by atoms with Gasteiger partial charge in [0.15, 0.2) is 9.49 Å². The number of hydrazone groups is 2. The molecule has 270 valence electrons. The number of nitrogens with two attached hydrogens (primary N) is 4. The highest BCUT2D eigenvalue weighted by Gasteiger charge is 2.61. The first-order valence-corrected chi connectivity index (χ1v) is 20.7. The summed E-state index contributed by atoms with van der Waals surface area (Å²) in [5, 5.41) is 24.6. The van der Waals surface area contributed by atoms with Crippen LogP contribution in [0.5, 0.6) is 0 Å². The van der Waals surface area contributed by atoms with Gasteiger partial charge in [-0.3, -0.25) is 19.9 Å². The summed E-state index contributed by atoms with van der Waals surface area (Å²) in [7, 11) is -10.3. The highest BCUT2D eigenvalue weighted by Crippen LogP contribution is 2.53. The number of nitrogens with zero attached hydrogens (tertiary/aromatic N) is 2. The Morgan fingerprint density at radius 1 is 0.596 bits per heavy atom. The summed E-state index contributed by atoms with van der Waals surface area (Å²) in [4.78, 5) is 0. The van der Waals surface area contributed by atoms with Gasteiger partial charge >= 0.3 is 0 Å². The van der Waals surface area contributed by atoms with Crippen molar-refractivity contribution in [3.63, 3.8) is 0 Å². The molecule has 0 spiro atoms. The van der Waals surface area contributed by atoms with Gasteiger partial charge in [0.25, 0.3) is 20.2 Å². The second kappa shape index (κ2) is 13.3. The number of benzene rings is 4. The Hall–Kier alpha value is -3.18. The Bertz CT molecular complexity index is 2330. The average molecular weight is 1000 g/mol. The van der Waals surface area contributed by atoms with E-state index >= 15 is 0 Å². The quantitative estimate of drug-likeness (QED) is 0.0774. The molecule has 2 aliphatic rings. The first kappa shape index (κ1) is 38.5. The van der Waals surface area contributed by atoms with Crippen molar-refractivity contribution in [2.75, 3.05) is 0 Å². The summed E-state index contributed by atoms with van der Waals surface area (Å²) < 4.78 is 72.4. The van der Waals surface area contributed by atoms with Crippen LogP contribution in [0.4, 0.5) is 0 Å². The molecule has 4 aromatic carbocycles. The third-order valence-corrected chi connectivity index (χ3v) is 14.9. The van der Waals surface area contributed by atoms with Crippen LogP contribution in [0.2, 0.25) is 0 Å². The Balaban J connectivity index is 1.61. The third-order valence-electron chi connectivity index (χ3n) is 9.42. The van der Waals surface area contributed by atoms with E-state index in [1.165, 1.54) is 24.3 Å². The molecule has 12 N–H and O–H groups in total. The molecular weight excluding hydrogens is 976 g/mol. The molecule has 4 aromatic rings. The van der Waals surface area contributed by atoms with E-state index < -0.39 is 41.8 Å². The van der Waals surface area contributed by atoms with Crippen molar-refractivity contribution < 1.29 is 25.9 Å². The first-order valence-electron chi connectivity index (χ1n) is 14.7. The SMILES string of the molecule is N=C1/C(=N\N)C(N)C(c2c(Br)cc(-c3cc(Br)c(C4(S(=O)(=O)O)c5ccccc5C(=N)/C(=N/N)C4N)c(Br)c3)cc2Br)(S(=O)(=O)O)c2ccccc21. The topological polar surface area (TPSA) is 285 Å². The van der Waals surface area contributed by atoms with E-state index in [2.05, 4.69) is 73.9 Å². The van der Waals surface area contributed by atoms with Crippen molar-refractivity contribution in [2.24, 2.45) is 33.4 Å². The number of fused-ring (bicyclic) bond motifs is 2. The fourth-order valence-electron chi connectivity index (χ4n) is 7.27. The van der Waals surface area contributed by atoms with Gasteiger partial charge in [0.05, 0.1) is 23.5 Å². The molecular formula is C32H26Br4N8O6S2. The first-order chi connectivity index (χ1) is 24.3. The Morgan fingerprint density at radius 3 is 1.15 bits per heavy atom. The van der Waals surface area contributed by atoms with E-state index in [-0.39, 0.29) is 74.1 Å². The van der Waals surface area contributed by atoms with Crippen molar-refractivity contribution >= 4 is 107 Å². The van der Waals surface area contributed by atoms with Gasteiger partial charge in [-0.15, -0.1) is 0 Å². The summed E-state index contributed by atoms with van der Waals surface area (Å²) in [6.45, 7) is 0. The van der Waals surface area contributed by atoms with Crippen LogP contribution in [0, 0.1) is 10.8 Å². The molecule has 0 heterocycles. The second-order valence-corrected chi connectivity index (χ2v) is 18.5. The Kier molecular flexibility index (Phi) is 9.85. The number of halogens is 4. The number of hydrogen-bond acceptors (Lipinski definition) is 12. The van der Waals surface area contributed by atoms with Crippen molar-refractivity contribution in [2.45, 2.75) is 21.6 Å². The van der Waals surface area contributed by atoms with E-state index in [1.807, 2.05) is 0 Å². The molecule has 20 heteroatoms. The van der Waals surface area contributed by atoms with Crippen molar-refractivity contribution in [1.29, 1.82) is 10.8 Å². The van der Waals surface area contributed by atoms with E-state index in [0.29, 0.717) is 11.1 Å². The van der Waals surface area contributed by atoms with Crippen LogP contribution < -0.4 is 23.2 Å². The van der Waals surface area contributed by atoms with Crippen molar-refractivity contribution in [3.8, 4) is 11.1 Å². The molecule has 0 saturated carbocycles.